The number of benzene rings is 1. The van der Waals surface area contributed by atoms with E-state index in [2.05, 4.69) is 11.2 Å². The van der Waals surface area contributed by atoms with E-state index in [-0.39, 0.29) is 12.5 Å². The number of nitrogens with one attached hydrogen (secondary N) is 1. The number of rotatable bonds is 3. The molecule has 0 saturated heterocycles. The predicted molar refractivity (Wildman–Crippen MR) is 77.9 cm³/mol. The number of carboxylic acid groups (broad SMARTS) is 1. The fourth-order valence-electron chi connectivity index (χ4n) is 1.78. The zero-order valence-electron chi connectivity index (χ0n) is 11.8. The molecule has 1 rings (SSSR count). The van der Waals surface area contributed by atoms with Gasteiger partial charge in [0, 0.05) is 16.8 Å². The van der Waals surface area contributed by atoms with Crippen molar-refractivity contribution in [2.45, 2.75) is 26.3 Å². The third-order valence-corrected chi connectivity index (χ3v) is 2.60. The second kappa shape index (κ2) is 6.11. The summed E-state index contributed by atoms with van der Waals surface area (Å²) < 4.78 is 0. The van der Waals surface area contributed by atoms with Crippen LogP contribution < -0.4 is 10.2 Å². The predicted octanol–water partition coefficient (Wildman–Crippen LogP) is 2.33. The van der Waals surface area contributed by atoms with Crippen LogP contribution in [0.1, 0.15) is 31.1 Å². The molecule has 1 aromatic rings. The van der Waals surface area contributed by atoms with E-state index in [1.165, 1.54) is 4.90 Å². The first-order valence-electron chi connectivity index (χ1n) is 6.12. The molecule has 106 valence electrons. The lowest BCUT2D eigenvalue weighted by Gasteiger charge is -2.33. The first kappa shape index (κ1) is 15.6. The van der Waals surface area contributed by atoms with Crippen molar-refractivity contribution in [3.63, 3.8) is 0 Å². The fourth-order valence-corrected chi connectivity index (χ4v) is 1.78. The molecule has 0 atom stereocenters. The second-order valence-electron chi connectivity index (χ2n) is 5.22. The van der Waals surface area contributed by atoms with Crippen LogP contribution in [0.15, 0.2) is 24.3 Å². The zero-order valence-corrected chi connectivity index (χ0v) is 11.8. The quantitative estimate of drug-likeness (QED) is 0.831. The molecule has 2 N–H and O–H groups in total. The number of carbonyl (C=O) groups is 2. The first-order valence-corrected chi connectivity index (χ1v) is 6.12. The Morgan fingerprint density at radius 3 is 2.25 bits per heavy atom. The van der Waals surface area contributed by atoms with Gasteiger partial charge in [-0.3, -0.25) is 9.69 Å². The standard InChI is InChI=1S/C15H18N2O3/c1-5-10-16-13(18)11-6-8-12(9-7-11)17(14(19)20)15(2,3)4/h1,6-9H,10H2,2-4H3,(H,16,18)(H,19,20). The smallest absolute Gasteiger partial charge is 0.412 e. The molecule has 1 aromatic carbocycles. The Bertz CT molecular complexity index is 536. The van der Waals surface area contributed by atoms with Gasteiger partial charge in [0.05, 0.1) is 6.54 Å². The SMILES string of the molecule is C#CCNC(=O)c1ccc(N(C(=O)O)C(C)(C)C)cc1. The van der Waals surface area contributed by atoms with Crippen molar-refractivity contribution in [2.24, 2.45) is 0 Å². The lowest BCUT2D eigenvalue weighted by molar-refractivity contribution is 0.0958. The molecular weight excluding hydrogens is 256 g/mol. The van der Waals surface area contributed by atoms with Crippen LogP contribution in [-0.4, -0.2) is 29.2 Å². The van der Waals surface area contributed by atoms with Gasteiger partial charge in [-0.15, -0.1) is 6.42 Å². The zero-order chi connectivity index (χ0) is 15.3. The van der Waals surface area contributed by atoms with Gasteiger partial charge < -0.3 is 10.4 Å². The van der Waals surface area contributed by atoms with Crippen molar-refractivity contribution in [3.05, 3.63) is 29.8 Å². The van der Waals surface area contributed by atoms with Crippen LogP contribution in [0.2, 0.25) is 0 Å². The molecule has 0 bridgehead atoms. The molecule has 0 heterocycles. The number of hydrogen-bond donors (Lipinski definition) is 2. The molecule has 0 spiro atoms. The highest BCUT2D eigenvalue weighted by atomic mass is 16.4. The second-order valence-corrected chi connectivity index (χ2v) is 5.22. The van der Waals surface area contributed by atoms with Crippen LogP contribution in [-0.2, 0) is 0 Å². The van der Waals surface area contributed by atoms with Gasteiger partial charge in [-0.2, -0.15) is 0 Å². The number of anilines is 1. The molecule has 5 nitrogen and oxygen atoms in total. The van der Waals surface area contributed by atoms with E-state index in [1.54, 1.807) is 45.0 Å². The lowest BCUT2D eigenvalue weighted by atomic mass is 10.0. The van der Waals surface area contributed by atoms with Crippen LogP contribution in [0.4, 0.5) is 10.5 Å². The monoisotopic (exact) mass is 274 g/mol. The largest absolute Gasteiger partial charge is 0.465 e. The van der Waals surface area contributed by atoms with Crippen LogP contribution in [0.25, 0.3) is 0 Å². The molecular formula is C15H18N2O3. The van der Waals surface area contributed by atoms with Gasteiger partial charge in [-0.25, -0.2) is 4.79 Å². The Morgan fingerprint density at radius 2 is 1.85 bits per heavy atom. The topological polar surface area (TPSA) is 69.6 Å². The fraction of sp³-hybridized carbons (Fsp3) is 0.333. The number of nitrogens with zero attached hydrogens (tertiary/aromatic N) is 1. The van der Waals surface area contributed by atoms with E-state index >= 15 is 0 Å². The van der Waals surface area contributed by atoms with E-state index < -0.39 is 11.6 Å². The van der Waals surface area contributed by atoms with Crippen LogP contribution in [0, 0.1) is 12.3 Å². The Hall–Kier alpha value is -2.48. The third-order valence-electron chi connectivity index (χ3n) is 2.60. The van der Waals surface area contributed by atoms with Gasteiger partial charge >= 0.3 is 6.09 Å². The molecule has 5 heteroatoms. The summed E-state index contributed by atoms with van der Waals surface area (Å²) in [6.07, 6.45) is 4.02. The minimum atomic E-state index is -1.04. The molecule has 0 aliphatic carbocycles. The molecule has 0 radical (unpaired) electrons. The molecule has 0 unspecified atom stereocenters. The van der Waals surface area contributed by atoms with Crippen LogP contribution in [0.5, 0.6) is 0 Å². The van der Waals surface area contributed by atoms with E-state index in [0.717, 1.165) is 0 Å². The van der Waals surface area contributed by atoms with Gasteiger partial charge in [0.15, 0.2) is 0 Å². The summed E-state index contributed by atoms with van der Waals surface area (Å²) in [5.41, 5.74) is 0.376. The Balaban J connectivity index is 2.98. The minimum Gasteiger partial charge on any atom is -0.465 e. The summed E-state index contributed by atoms with van der Waals surface area (Å²) in [5, 5.41) is 11.8. The van der Waals surface area contributed by atoms with Crippen molar-refractivity contribution in [1.29, 1.82) is 0 Å². The van der Waals surface area contributed by atoms with Crippen LogP contribution >= 0.6 is 0 Å². The van der Waals surface area contributed by atoms with Gasteiger partial charge in [0.25, 0.3) is 5.91 Å². The Kier molecular flexibility index (Phi) is 4.76. The number of amides is 2. The molecule has 0 aromatic heterocycles. The highest BCUT2D eigenvalue weighted by Gasteiger charge is 2.27. The average Bonchev–Trinajstić information content (AvgIpc) is 2.34. The highest BCUT2D eigenvalue weighted by molar-refractivity contribution is 5.95. The molecule has 0 aliphatic rings. The van der Waals surface area contributed by atoms with E-state index in [4.69, 9.17) is 6.42 Å². The molecule has 0 saturated carbocycles. The van der Waals surface area contributed by atoms with E-state index in [9.17, 15) is 14.7 Å². The van der Waals surface area contributed by atoms with E-state index in [0.29, 0.717) is 11.3 Å². The summed E-state index contributed by atoms with van der Waals surface area (Å²) in [6.45, 7) is 5.56. The number of carbonyl (C=O) groups excluding carboxylic acids is 1. The Morgan fingerprint density at radius 1 is 1.30 bits per heavy atom. The van der Waals surface area contributed by atoms with Gasteiger partial charge in [0.2, 0.25) is 0 Å². The van der Waals surface area contributed by atoms with Crippen LogP contribution in [0.3, 0.4) is 0 Å². The lowest BCUT2D eigenvalue weighted by Crippen LogP contribution is -2.45. The average molecular weight is 274 g/mol. The van der Waals surface area contributed by atoms with Gasteiger partial charge in [0.1, 0.15) is 0 Å². The maximum absolute atomic E-state index is 11.7. The van der Waals surface area contributed by atoms with Crippen molar-refractivity contribution < 1.29 is 14.7 Å². The highest BCUT2D eigenvalue weighted by Crippen LogP contribution is 2.24. The summed E-state index contributed by atoms with van der Waals surface area (Å²) in [4.78, 5) is 24.3. The third kappa shape index (κ3) is 3.75. The Labute approximate surface area is 118 Å². The first-order chi connectivity index (χ1) is 9.27. The molecule has 0 aliphatic heterocycles. The number of hydrogen-bond acceptors (Lipinski definition) is 2. The molecule has 0 fully saturated rings. The molecule has 2 amide bonds. The summed E-state index contributed by atoms with van der Waals surface area (Å²) >= 11 is 0. The van der Waals surface area contributed by atoms with E-state index in [1.807, 2.05) is 0 Å². The van der Waals surface area contributed by atoms with Gasteiger partial charge in [-0.1, -0.05) is 5.92 Å². The van der Waals surface area contributed by atoms with Crippen molar-refractivity contribution in [1.82, 2.24) is 5.32 Å². The van der Waals surface area contributed by atoms with Crippen molar-refractivity contribution in [2.75, 3.05) is 11.4 Å². The maximum Gasteiger partial charge on any atom is 0.412 e. The summed E-state index contributed by atoms with van der Waals surface area (Å²) in [6, 6.07) is 6.35. The minimum absolute atomic E-state index is 0.157. The number of terminal acetylenes is 1. The van der Waals surface area contributed by atoms with Crippen molar-refractivity contribution >= 4 is 17.7 Å². The summed E-state index contributed by atoms with van der Waals surface area (Å²) in [7, 11) is 0. The normalized spacial score (nSPS) is 10.5. The van der Waals surface area contributed by atoms with Gasteiger partial charge in [-0.05, 0) is 45.0 Å². The molecule has 20 heavy (non-hydrogen) atoms. The maximum atomic E-state index is 11.7. The van der Waals surface area contributed by atoms with Crippen molar-refractivity contribution in [3.8, 4) is 12.3 Å². The summed E-state index contributed by atoms with van der Waals surface area (Å²) in [5.74, 6) is 2.03.